The average molecular weight is 258 g/mol. The molecule has 0 aliphatic carbocycles. The second-order valence-corrected chi connectivity index (χ2v) is 2.99. The highest BCUT2D eigenvalue weighted by Crippen LogP contribution is 2.00. The van der Waals surface area contributed by atoms with Gasteiger partial charge < -0.3 is 14.6 Å². The molecular weight excluding hydrogens is 244 g/mol. The Balaban J connectivity index is 0.000000711. The Morgan fingerprint density at radius 1 is 1.37 bits per heavy atom. The molecule has 0 atom stereocenters. The van der Waals surface area contributed by atoms with Crippen LogP contribution in [0.4, 0.5) is 0 Å². The van der Waals surface area contributed by atoms with E-state index in [1.54, 1.807) is 30.6 Å². The third kappa shape index (κ3) is 13.2. The molecule has 0 unspecified atom stereocenters. The standard InChI is InChI=1S/C13H10O2.C2H4O2/c14-11-7-5-3-1-2-4-6-9-13-10-8-12-15-13;1-2(3)4/h5-10,12,14H,11H2;1H3,(H,3,4). The smallest absolute Gasteiger partial charge is 0.300 e. The molecule has 1 rings (SSSR count). The third-order valence-corrected chi connectivity index (χ3v) is 1.39. The molecule has 1 aromatic heterocycles. The largest absolute Gasteiger partial charge is 0.481 e. The van der Waals surface area contributed by atoms with Gasteiger partial charge in [0.2, 0.25) is 0 Å². The lowest BCUT2D eigenvalue weighted by molar-refractivity contribution is -0.134. The van der Waals surface area contributed by atoms with Crippen molar-refractivity contribution in [3.05, 3.63) is 42.4 Å². The van der Waals surface area contributed by atoms with Crippen molar-refractivity contribution in [2.75, 3.05) is 6.61 Å². The summed E-state index contributed by atoms with van der Waals surface area (Å²) in [7, 11) is 0. The van der Waals surface area contributed by atoms with E-state index in [-0.39, 0.29) is 6.61 Å². The highest BCUT2D eigenvalue weighted by molar-refractivity contribution is 5.62. The molecule has 4 heteroatoms. The van der Waals surface area contributed by atoms with Crippen molar-refractivity contribution in [2.45, 2.75) is 6.92 Å². The molecule has 0 spiro atoms. The number of carbonyl (C=O) groups is 1. The van der Waals surface area contributed by atoms with Crippen LogP contribution in [-0.4, -0.2) is 22.8 Å². The molecule has 0 saturated heterocycles. The zero-order valence-electron chi connectivity index (χ0n) is 10.5. The molecule has 0 amide bonds. The van der Waals surface area contributed by atoms with Gasteiger partial charge >= 0.3 is 0 Å². The topological polar surface area (TPSA) is 70.7 Å². The molecular formula is C15H14O4. The first-order chi connectivity index (χ1) is 9.16. The van der Waals surface area contributed by atoms with Crippen LogP contribution >= 0.6 is 0 Å². The molecule has 0 aromatic carbocycles. The summed E-state index contributed by atoms with van der Waals surface area (Å²) in [5, 5.41) is 15.8. The van der Waals surface area contributed by atoms with E-state index in [0.717, 1.165) is 12.7 Å². The van der Waals surface area contributed by atoms with E-state index in [0.29, 0.717) is 0 Å². The summed E-state index contributed by atoms with van der Waals surface area (Å²) < 4.78 is 5.06. The summed E-state index contributed by atoms with van der Waals surface area (Å²) in [4.78, 5) is 9.00. The van der Waals surface area contributed by atoms with Gasteiger partial charge in [0, 0.05) is 6.92 Å². The lowest BCUT2D eigenvalue weighted by Crippen LogP contribution is -1.78. The fourth-order valence-corrected chi connectivity index (χ4v) is 0.777. The van der Waals surface area contributed by atoms with Gasteiger partial charge in [0.05, 0.1) is 12.9 Å². The summed E-state index contributed by atoms with van der Waals surface area (Å²) >= 11 is 0. The minimum absolute atomic E-state index is 0.000501. The Hall–Kier alpha value is -2.69. The van der Waals surface area contributed by atoms with E-state index in [9.17, 15) is 0 Å². The first kappa shape index (κ1) is 16.3. The third-order valence-electron chi connectivity index (χ3n) is 1.39. The van der Waals surface area contributed by atoms with Crippen LogP contribution in [-0.2, 0) is 4.79 Å². The summed E-state index contributed by atoms with van der Waals surface area (Å²) in [6.45, 7) is 1.08. The van der Waals surface area contributed by atoms with Gasteiger partial charge in [0.15, 0.2) is 0 Å². The first-order valence-electron chi connectivity index (χ1n) is 5.33. The number of hydrogen-bond donors (Lipinski definition) is 2. The van der Waals surface area contributed by atoms with Gasteiger partial charge in [-0.15, -0.1) is 0 Å². The molecule has 0 aliphatic rings. The number of carboxylic acid groups (broad SMARTS) is 1. The minimum Gasteiger partial charge on any atom is -0.481 e. The monoisotopic (exact) mass is 258 g/mol. The molecule has 0 bridgehead atoms. The van der Waals surface area contributed by atoms with E-state index < -0.39 is 5.97 Å². The van der Waals surface area contributed by atoms with Gasteiger partial charge in [-0.3, -0.25) is 4.79 Å². The van der Waals surface area contributed by atoms with Crippen LogP contribution in [0.15, 0.2) is 41.0 Å². The number of allylic oxidation sites excluding steroid dienone is 2. The molecule has 0 aliphatic heterocycles. The number of aliphatic hydroxyl groups excluding tert-OH is 1. The second-order valence-electron chi connectivity index (χ2n) is 2.99. The zero-order valence-corrected chi connectivity index (χ0v) is 10.5. The highest BCUT2D eigenvalue weighted by atomic mass is 16.4. The van der Waals surface area contributed by atoms with Gasteiger partial charge in [0.25, 0.3) is 5.97 Å². The number of carboxylic acids is 1. The number of aliphatic carboxylic acids is 1. The van der Waals surface area contributed by atoms with Crippen molar-refractivity contribution in [3.63, 3.8) is 0 Å². The van der Waals surface area contributed by atoms with Crippen LogP contribution in [0.1, 0.15) is 12.7 Å². The number of hydrogen-bond acceptors (Lipinski definition) is 3. The quantitative estimate of drug-likeness (QED) is 0.795. The Bertz CT molecular complexity index is 524. The van der Waals surface area contributed by atoms with Gasteiger partial charge in [-0.25, -0.2) is 0 Å². The second kappa shape index (κ2) is 11.8. The molecule has 1 aromatic rings. The van der Waals surface area contributed by atoms with Crippen molar-refractivity contribution in [1.82, 2.24) is 0 Å². The molecule has 2 N–H and O–H groups in total. The van der Waals surface area contributed by atoms with Crippen molar-refractivity contribution >= 4 is 12.0 Å². The van der Waals surface area contributed by atoms with Crippen molar-refractivity contribution in [3.8, 4) is 23.7 Å². The SMILES string of the molecule is CC(=O)O.OCC=CC#CC#CC=Cc1ccco1. The summed E-state index contributed by atoms with van der Waals surface area (Å²) in [6, 6.07) is 3.65. The summed E-state index contributed by atoms with van der Waals surface area (Å²) in [5.41, 5.74) is 0. The average Bonchev–Trinajstić information content (AvgIpc) is 2.85. The van der Waals surface area contributed by atoms with Crippen LogP contribution in [0, 0.1) is 23.7 Å². The first-order valence-corrected chi connectivity index (χ1v) is 5.33. The number of furan rings is 1. The van der Waals surface area contributed by atoms with E-state index in [4.69, 9.17) is 19.4 Å². The minimum atomic E-state index is -0.833. The maximum Gasteiger partial charge on any atom is 0.300 e. The maximum absolute atomic E-state index is 9.00. The Morgan fingerprint density at radius 2 is 2.00 bits per heavy atom. The van der Waals surface area contributed by atoms with E-state index >= 15 is 0 Å². The predicted octanol–water partition coefficient (Wildman–Crippen LogP) is 1.94. The van der Waals surface area contributed by atoms with Crippen LogP contribution in [0.2, 0.25) is 0 Å². The molecule has 0 radical (unpaired) electrons. The van der Waals surface area contributed by atoms with Gasteiger partial charge in [-0.2, -0.15) is 0 Å². The van der Waals surface area contributed by atoms with Gasteiger partial charge in [0.1, 0.15) is 5.76 Å². The van der Waals surface area contributed by atoms with Crippen LogP contribution in [0.3, 0.4) is 0 Å². The maximum atomic E-state index is 9.00. The Morgan fingerprint density at radius 3 is 2.53 bits per heavy atom. The molecule has 0 saturated carbocycles. The normalized spacial score (nSPS) is 8.95. The fraction of sp³-hybridized carbons (Fsp3) is 0.133. The summed E-state index contributed by atoms with van der Waals surface area (Å²) in [5.74, 6) is 10.6. The van der Waals surface area contributed by atoms with Crippen LogP contribution in [0.5, 0.6) is 0 Å². The summed E-state index contributed by atoms with van der Waals surface area (Å²) in [6.07, 6.45) is 8.15. The molecule has 98 valence electrons. The van der Waals surface area contributed by atoms with Crippen LogP contribution in [0.25, 0.3) is 6.08 Å². The Kier molecular flexibility index (Phi) is 10.1. The van der Waals surface area contributed by atoms with Crippen molar-refractivity contribution < 1.29 is 19.4 Å². The van der Waals surface area contributed by atoms with E-state index in [1.807, 2.05) is 12.1 Å². The highest BCUT2D eigenvalue weighted by Gasteiger charge is 1.83. The van der Waals surface area contributed by atoms with E-state index in [1.165, 1.54) is 0 Å². The molecule has 1 heterocycles. The van der Waals surface area contributed by atoms with Gasteiger partial charge in [-0.05, 0) is 42.2 Å². The van der Waals surface area contributed by atoms with Gasteiger partial charge in [-0.1, -0.05) is 17.9 Å². The lowest BCUT2D eigenvalue weighted by atomic mass is 10.4. The molecule has 4 nitrogen and oxygen atoms in total. The molecule has 0 fully saturated rings. The fourth-order valence-electron chi connectivity index (χ4n) is 0.777. The van der Waals surface area contributed by atoms with Crippen LogP contribution < -0.4 is 0 Å². The number of rotatable bonds is 2. The lowest BCUT2D eigenvalue weighted by Gasteiger charge is -1.76. The zero-order chi connectivity index (χ0) is 14.3. The Labute approximate surface area is 112 Å². The van der Waals surface area contributed by atoms with Crippen molar-refractivity contribution in [2.24, 2.45) is 0 Å². The number of aliphatic hydroxyl groups is 1. The predicted molar refractivity (Wildman–Crippen MR) is 72.8 cm³/mol. The van der Waals surface area contributed by atoms with E-state index in [2.05, 4.69) is 23.7 Å². The van der Waals surface area contributed by atoms with Crippen molar-refractivity contribution in [1.29, 1.82) is 0 Å². The molecule has 19 heavy (non-hydrogen) atoms.